The molecule has 1 aromatic carbocycles. The molecular weight excluding hydrogens is 280 g/mol. The first-order chi connectivity index (χ1) is 10.6. The van der Waals surface area contributed by atoms with E-state index in [1.807, 2.05) is 6.92 Å². The molecule has 1 nitrogen and oxygen atoms in total. The summed E-state index contributed by atoms with van der Waals surface area (Å²) in [6, 6.07) is 8.71. The monoisotopic (exact) mass is 308 g/mol. The van der Waals surface area contributed by atoms with Crippen molar-refractivity contribution >= 4 is 5.57 Å². The number of hydrogen-bond acceptors (Lipinski definition) is 1. The van der Waals surface area contributed by atoms with Gasteiger partial charge in [0.15, 0.2) is 0 Å². The fourth-order valence-corrected chi connectivity index (χ4v) is 3.39. The summed E-state index contributed by atoms with van der Waals surface area (Å²) < 4.78 is 5.73. The molecule has 2 rings (SSSR count). The molecule has 23 heavy (non-hydrogen) atoms. The smallest absolute Gasteiger partial charge is 0.119 e. The molecule has 0 aliphatic heterocycles. The Morgan fingerprint density at radius 2 is 1.78 bits per heavy atom. The van der Waals surface area contributed by atoms with Gasteiger partial charge in [0.25, 0.3) is 0 Å². The molecular formula is C22H28O. The average Bonchev–Trinajstić information content (AvgIpc) is 2.67. The van der Waals surface area contributed by atoms with Crippen LogP contribution in [0.4, 0.5) is 0 Å². The quantitative estimate of drug-likeness (QED) is 0.462. The summed E-state index contributed by atoms with van der Waals surface area (Å²) in [5.41, 5.74) is 5.47. The Morgan fingerprint density at radius 3 is 2.35 bits per heavy atom. The number of ether oxygens (including phenoxy) is 1. The topological polar surface area (TPSA) is 9.23 Å². The minimum Gasteiger partial charge on any atom is -0.463 e. The van der Waals surface area contributed by atoms with Crippen LogP contribution in [-0.4, -0.2) is 0 Å². The van der Waals surface area contributed by atoms with E-state index in [2.05, 4.69) is 78.1 Å². The lowest BCUT2D eigenvalue weighted by Crippen LogP contribution is -2.17. The van der Waals surface area contributed by atoms with Gasteiger partial charge in [-0.2, -0.15) is 0 Å². The highest BCUT2D eigenvalue weighted by Crippen LogP contribution is 2.52. The molecule has 0 heterocycles. The van der Waals surface area contributed by atoms with Crippen molar-refractivity contribution < 1.29 is 4.74 Å². The van der Waals surface area contributed by atoms with Gasteiger partial charge in [-0.05, 0) is 46.8 Å². The second kappa shape index (κ2) is 5.88. The highest BCUT2D eigenvalue weighted by Gasteiger charge is 2.40. The van der Waals surface area contributed by atoms with Crippen LogP contribution in [0.1, 0.15) is 52.7 Å². The van der Waals surface area contributed by atoms with Crippen molar-refractivity contribution in [2.45, 2.75) is 47.0 Å². The van der Waals surface area contributed by atoms with Crippen molar-refractivity contribution in [2.24, 2.45) is 5.41 Å². The van der Waals surface area contributed by atoms with Crippen LogP contribution in [0.5, 0.6) is 0 Å². The number of benzene rings is 1. The molecule has 0 fully saturated rings. The van der Waals surface area contributed by atoms with E-state index in [0.29, 0.717) is 5.76 Å². The third-order valence-electron chi connectivity index (χ3n) is 4.43. The van der Waals surface area contributed by atoms with Gasteiger partial charge < -0.3 is 4.74 Å². The van der Waals surface area contributed by atoms with Crippen molar-refractivity contribution in [3.8, 4) is 0 Å². The lowest BCUT2D eigenvalue weighted by Gasteiger charge is -2.26. The van der Waals surface area contributed by atoms with E-state index in [-0.39, 0.29) is 10.8 Å². The molecule has 0 aromatic heterocycles. The largest absolute Gasteiger partial charge is 0.463 e. The molecule has 0 N–H and O–H groups in total. The van der Waals surface area contributed by atoms with Crippen molar-refractivity contribution in [3.05, 3.63) is 77.8 Å². The molecule has 0 atom stereocenters. The Labute approximate surface area is 141 Å². The SMILES string of the molecule is C=CC(=C)O/C(C)=C/C1=C(C(C)(C)C)c2ccccc2C1(C)C. The lowest BCUT2D eigenvalue weighted by atomic mass is 9.78. The third-order valence-corrected chi connectivity index (χ3v) is 4.43. The zero-order chi connectivity index (χ0) is 17.4. The molecule has 0 saturated carbocycles. The van der Waals surface area contributed by atoms with Crippen LogP contribution in [0.25, 0.3) is 5.57 Å². The van der Waals surface area contributed by atoms with Gasteiger partial charge in [0.05, 0.1) is 0 Å². The van der Waals surface area contributed by atoms with Crippen LogP contribution in [0.2, 0.25) is 0 Å². The van der Waals surface area contributed by atoms with E-state index >= 15 is 0 Å². The highest BCUT2D eigenvalue weighted by atomic mass is 16.5. The molecule has 0 bridgehead atoms. The number of allylic oxidation sites excluding steroid dienone is 5. The maximum absolute atomic E-state index is 5.73. The van der Waals surface area contributed by atoms with Crippen molar-refractivity contribution in [1.82, 2.24) is 0 Å². The first-order valence-corrected chi connectivity index (χ1v) is 8.11. The normalized spacial score (nSPS) is 17.0. The molecule has 0 spiro atoms. The van der Waals surface area contributed by atoms with Gasteiger partial charge in [-0.1, -0.05) is 72.0 Å². The average molecular weight is 308 g/mol. The Kier molecular flexibility index (Phi) is 4.43. The Hall–Kier alpha value is -2.02. The van der Waals surface area contributed by atoms with Crippen LogP contribution in [0, 0.1) is 5.41 Å². The minimum atomic E-state index is -0.0423. The molecule has 0 saturated heterocycles. The second-order valence-electron chi connectivity index (χ2n) is 7.74. The summed E-state index contributed by atoms with van der Waals surface area (Å²) in [6.45, 7) is 20.9. The molecule has 1 aliphatic rings. The van der Waals surface area contributed by atoms with Gasteiger partial charge in [0.1, 0.15) is 11.5 Å². The Balaban J connectivity index is 2.64. The van der Waals surface area contributed by atoms with Crippen molar-refractivity contribution in [3.63, 3.8) is 0 Å². The maximum Gasteiger partial charge on any atom is 0.119 e. The van der Waals surface area contributed by atoms with Gasteiger partial charge in [0, 0.05) is 5.41 Å². The summed E-state index contributed by atoms with van der Waals surface area (Å²) in [4.78, 5) is 0. The first-order valence-electron chi connectivity index (χ1n) is 8.11. The summed E-state index contributed by atoms with van der Waals surface area (Å²) >= 11 is 0. The maximum atomic E-state index is 5.73. The van der Waals surface area contributed by atoms with E-state index in [9.17, 15) is 0 Å². The molecule has 0 unspecified atom stereocenters. The predicted molar refractivity (Wildman–Crippen MR) is 100 cm³/mol. The van der Waals surface area contributed by atoms with Crippen molar-refractivity contribution in [2.75, 3.05) is 0 Å². The van der Waals surface area contributed by atoms with E-state index in [1.54, 1.807) is 6.08 Å². The van der Waals surface area contributed by atoms with E-state index in [0.717, 1.165) is 5.76 Å². The van der Waals surface area contributed by atoms with Crippen LogP contribution >= 0.6 is 0 Å². The number of fused-ring (bicyclic) bond motifs is 1. The van der Waals surface area contributed by atoms with E-state index < -0.39 is 0 Å². The van der Waals surface area contributed by atoms with Crippen molar-refractivity contribution in [1.29, 1.82) is 0 Å². The summed E-state index contributed by atoms with van der Waals surface area (Å²) in [5.74, 6) is 1.41. The summed E-state index contributed by atoms with van der Waals surface area (Å²) in [7, 11) is 0. The summed E-state index contributed by atoms with van der Waals surface area (Å²) in [6.07, 6.45) is 3.79. The molecule has 0 radical (unpaired) electrons. The minimum absolute atomic E-state index is 0.0423. The summed E-state index contributed by atoms with van der Waals surface area (Å²) in [5, 5.41) is 0. The number of rotatable bonds is 4. The first kappa shape index (κ1) is 17.3. The van der Waals surface area contributed by atoms with Crippen LogP contribution in [0.15, 0.2) is 66.7 Å². The highest BCUT2D eigenvalue weighted by molar-refractivity contribution is 5.84. The molecule has 122 valence electrons. The number of hydrogen-bond donors (Lipinski definition) is 0. The molecule has 1 aromatic rings. The Bertz CT molecular complexity index is 706. The third kappa shape index (κ3) is 3.19. The van der Waals surface area contributed by atoms with Gasteiger partial charge in [-0.25, -0.2) is 0 Å². The predicted octanol–water partition coefficient (Wildman–Crippen LogP) is 6.40. The van der Waals surface area contributed by atoms with Gasteiger partial charge in [-0.3, -0.25) is 0 Å². The van der Waals surface area contributed by atoms with Gasteiger partial charge >= 0.3 is 0 Å². The standard InChI is InChI=1S/C22H28O/c1-9-15(2)23-16(3)14-19-20(21(4,5)6)17-12-10-11-13-18(17)22(19,7)8/h9-14H,1-2H2,3-8H3/b16-14+. The van der Waals surface area contributed by atoms with E-state index in [4.69, 9.17) is 4.74 Å². The van der Waals surface area contributed by atoms with Gasteiger partial charge in [0.2, 0.25) is 0 Å². The van der Waals surface area contributed by atoms with E-state index in [1.165, 1.54) is 22.3 Å². The second-order valence-corrected chi connectivity index (χ2v) is 7.74. The zero-order valence-corrected chi connectivity index (χ0v) is 15.3. The molecule has 1 heteroatoms. The Morgan fingerprint density at radius 1 is 1.17 bits per heavy atom. The van der Waals surface area contributed by atoms with Crippen LogP contribution in [0.3, 0.4) is 0 Å². The fraction of sp³-hybridized carbons (Fsp3) is 0.364. The molecule has 0 amide bonds. The van der Waals surface area contributed by atoms with Crippen LogP contribution < -0.4 is 0 Å². The molecule has 1 aliphatic carbocycles. The van der Waals surface area contributed by atoms with Crippen LogP contribution in [-0.2, 0) is 10.2 Å². The van der Waals surface area contributed by atoms with Gasteiger partial charge in [-0.15, -0.1) is 0 Å². The fourth-order valence-electron chi connectivity index (χ4n) is 3.39. The lowest BCUT2D eigenvalue weighted by molar-refractivity contribution is 0.323. The zero-order valence-electron chi connectivity index (χ0n) is 15.3.